The summed E-state index contributed by atoms with van der Waals surface area (Å²) in [5, 5.41) is 2.02. The number of halogens is 14. The Labute approximate surface area is 330 Å². The van der Waals surface area contributed by atoms with Crippen molar-refractivity contribution in [2.24, 2.45) is 0 Å². The fourth-order valence-electron chi connectivity index (χ4n) is 4.74. The van der Waals surface area contributed by atoms with Crippen LogP contribution < -0.4 is 4.74 Å². The number of carbonyl (C=O) groups is 2. The molecular weight excluding hydrogens is 830 g/mol. The van der Waals surface area contributed by atoms with Crippen LogP contribution in [-0.2, 0) is 35.8 Å². The summed E-state index contributed by atoms with van der Waals surface area (Å²) in [6.07, 6.45) is -13.0. The first kappa shape index (κ1) is 50.8. The lowest BCUT2D eigenvalue weighted by molar-refractivity contribution is -0.397. The molecule has 0 amide bonds. The van der Waals surface area contributed by atoms with Crippen LogP contribution in [0.15, 0.2) is 60.7 Å². The monoisotopic (exact) mass is 872 g/mol. The van der Waals surface area contributed by atoms with E-state index in [2.05, 4.69) is 29.4 Å². The van der Waals surface area contributed by atoms with E-state index in [1.54, 1.807) is 18.2 Å². The van der Waals surface area contributed by atoms with Crippen LogP contribution in [0.3, 0.4) is 0 Å². The molecule has 0 saturated carbocycles. The third-order valence-electron chi connectivity index (χ3n) is 9.19. The predicted molar refractivity (Wildman–Crippen MR) is 186 cm³/mol. The van der Waals surface area contributed by atoms with Gasteiger partial charge >= 0.3 is 48.0 Å². The van der Waals surface area contributed by atoms with Crippen LogP contribution in [0, 0.1) is 0 Å². The van der Waals surface area contributed by atoms with Crippen LogP contribution in [0.5, 0.6) is 5.75 Å². The van der Waals surface area contributed by atoms with Crippen LogP contribution in [-0.4, -0.2) is 74.4 Å². The van der Waals surface area contributed by atoms with E-state index in [0.29, 0.717) is 5.92 Å². The van der Waals surface area contributed by atoms with E-state index in [1.165, 1.54) is 17.7 Å². The summed E-state index contributed by atoms with van der Waals surface area (Å²) in [5.74, 6) is -26.5. The molecule has 0 bridgehead atoms. The summed E-state index contributed by atoms with van der Waals surface area (Å²) >= 11 is 0. The minimum absolute atomic E-state index is 0.00613. The van der Waals surface area contributed by atoms with Crippen molar-refractivity contribution >= 4 is 22.7 Å². The predicted octanol–water partition coefficient (Wildman–Crippen LogP) is 11.8. The summed E-state index contributed by atoms with van der Waals surface area (Å²) in [5.41, 5.74) is 2.83. The maximum atomic E-state index is 13.3. The average molecular weight is 873 g/mol. The van der Waals surface area contributed by atoms with Crippen molar-refractivity contribution in [3.05, 3.63) is 77.4 Å². The zero-order chi connectivity index (χ0) is 45.3. The third-order valence-corrected chi connectivity index (χ3v) is 9.19. The first-order valence-electron chi connectivity index (χ1n) is 17.7. The maximum absolute atomic E-state index is 13.3. The van der Waals surface area contributed by atoms with Crippen molar-refractivity contribution in [3.63, 3.8) is 0 Å². The number of hydrogen-bond donors (Lipinski definition) is 0. The van der Waals surface area contributed by atoms with Crippen LogP contribution in [0.4, 0.5) is 61.5 Å². The second-order valence-corrected chi connectivity index (χ2v) is 14.0. The number of ether oxygens (including phenoxy) is 4. The van der Waals surface area contributed by atoms with Gasteiger partial charge in [0.15, 0.2) is 13.2 Å². The highest BCUT2D eigenvalue weighted by atomic mass is 19.4. The average Bonchev–Trinajstić information content (AvgIpc) is 3.15. The van der Waals surface area contributed by atoms with Gasteiger partial charge in [-0.1, -0.05) is 77.1 Å². The third kappa shape index (κ3) is 13.6. The molecule has 3 aromatic carbocycles. The van der Waals surface area contributed by atoms with Gasteiger partial charge in [-0.25, -0.2) is 9.59 Å². The Morgan fingerprint density at radius 3 is 1.75 bits per heavy atom. The van der Waals surface area contributed by atoms with E-state index < -0.39 is 80.8 Å². The van der Waals surface area contributed by atoms with Gasteiger partial charge in [0.1, 0.15) is 12.4 Å². The molecule has 0 heterocycles. The molecule has 0 aromatic heterocycles. The summed E-state index contributed by atoms with van der Waals surface area (Å²) in [7, 11) is 0. The molecule has 0 N–H and O–H groups in total. The van der Waals surface area contributed by atoms with Gasteiger partial charge in [0.05, 0.1) is 19.6 Å². The van der Waals surface area contributed by atoms with Gasteiger partial charge in [-0.15, -0.1) is 0 Å². The molecule has 1 atom stereocenters. The quantitative estimate of drug-likeness (QED) is 0.0937. The Morgan fingerprint density at radius 2 is 1.20 bits per heavy atom. The molecular formula is C39H42F14O6. The molecule has 0 aliphatic carbocycles. The fraction of sp³-hybridized carbons (Fsp3) is 0.538. The summed E-state index contributed by atoms with van der Waals surface area (Å²) in [4.78, 5) is 22.8. The molecule has 0 spiro atoms. The number of carbonyl (C=O) groups excluding carboxylic acids is 2. The highest BCUT2D eigenvalue weighted by Gasteiger charge is 2.81. The summed E-state index contributed by atoms with van der Waals surface area (Å²) < 4.78 is 194. The van der Waals surface area contributed by atoms with Crippen molar-refractivity contribution in [2.75, 3.05) is 26.4 Å². The lowest BCUT2D eigenvalue weighted by Crippen LogP contribution is -2.61. The molecule has 20 heteroatoms. The first-order chi connectivity index (χ1) is 26.9. The number of alkyl halides is 14. The minimum atomic E-state index is -6.98. The number of fused-ring (bicyclic) bond motifs is 1. The molecule has 3 aromatic rings. The van der Waals surface area contributed by atoms with E-state index in [1.807, 2.05) is 45.0 Å². The van der Waals surface area contributed by atoms with Crippen molar-refractivity contribution in [3.8, 4) is 5.75 Å². The molecule has 3 rings (SSSR count). The minimum Gasteiger partial charge on any atom is -0.482 e. The first-order valence-corrected chi connectivity index (χ1v) is 17.7. The Morgan fingerprint density at radius 1 is 0.644 bits per heavy atom. The van der Waals surface area contributed by atoms with E-state index in [0.717, 1.165) is 34.7 Å². The number of hydrogen-bond acceptors (Lipinski definition) is 6. The maximum Gasteiger partial charge on any atom is 0.460 e. The molecule has 1 unspecified atom stereocenters. The SMILES string of the molecule is CCC(C)(C)c1ccc(OCC(=O)OCCC(F)(F)C(F)(F)C(F)(F)C(F)(F)F)cc1.CCC(C)c1ccc2cc(COCC(=O)OCC(F)(F)C(F)(F)F)ccc2c1. The Balaban J connectivity index is 0.000000409. The molecule has 0 radical (unpaired) electrons. The van der Waals surface area contributed by atoms with Gasteiger partial charge in [-0.05, 0) is 69.8 Å². The molecule has 6 nitrogen and oxygen atoms in total. The van der Waals surface area contributed by atoms with Crippen LogP contribution in [0.2, 0.25) is 0 Å². The van der Waals surface area contributed by atoms with Crippen molar-refractivity contribution in [1.82, 2.24) is 0 Å². The molecule has 0 aliphatic rings. The molecule has 0 aliphatic heterocycles. The summed E-state index contributed by atoms with van der Waals surface area (Å²) in [6.45, 7) is 5.12. The van der Waals surface area contributed by atoms with Crippen molar-refractivity contribution < 1.29 is 90.0 Å². The van der Waals surface area contributed by atoms with E-state index in [-0.39, 0.29) is 17.8 Å². The number of esters is 2. The number of rotatable bonds is 18. The smallest absolute Gasteiger partial charge is 0.460 e. The van der Waals surface area contributed by atoms with E-state index >= 15 is 0 Å². The molecule has 0 saturated heterocycles. The Kier molecular flexibility index (Phi) is 17.0. The van der Waals surface area contributed by atoms with Gasteiger partial charge in [0.2, 0.25) is 0 Å². The van der Waals surface area contributed by atoms with Gasteiger partial charge in [0.25, 0.3) is 0 Å². The van der Waals surface area contributed by atoms with Crippen molar-refractivity contribution in [1.29, 1.82) is 0 Å². The highest BCUT2D eigenvalue weighted by Crippen LogP contribution is 2.54. The van der Waals surface area contributed by atoms with Gasteiger partial charge in [0, 0.05) is 0 Å². The van der Waals surface area contributed by atoms with Crippen LogP contribution in [0.25, 0.3) is 10.8 Å². The van der Waals surface area contributed by atoms with Crippen LogP contribution >= 0.6 is 0 Å². The molecule has 0 fully saturated rings. The van der Waals surface area contributed by atoms with Crippen molar-refractivity contribution in [2.45, 2.75) is 108 Å². The largest absolute Gasteiger partial charge is 0.482 e. The highest BCUT2D eigenvalue weighted by molar-refractivity contribution is 5.84. The van der Waals surface area contributed by atoms with Crippen LogP contribution in [0.1, 0.15) is 76.5 Å². The zero-order valence-corrected chi connectivity index (χ0v) is 32.2. The van der Waals surface area contributed by atoms with E-state index in [9.17, 15) is 71.1 Å². The standard InChI is InChI=1S/C20H21F5O3.C19H21F9O3/c1-3-13(2)15-6-7-16-8-14(4-5-17(16)9-15)10-27-11-18(26)28-12-19(21,22)20(23,24)25;1-4-15(2,3)12-5-7-13(8-6-12)31-11-14(29)30-10-9-16(20,21)17(22,23)18(24,25)19(26,27)28/h4-9,13H,3,10-12H2,1-2H3;5-8H,4,9-11H2,1-3H3. The van der Waals surface area contributed by atoms with Gasteiger partial charge in [-0.3, -0.25) is 0 Å². The Bertz CT molecular complexity index is 1820. The second kappa shape index (κ2) is 19.8. The van der Waals surface area contributed by atoms with Gasteiger partial charge in [-0.2, -0.15) is 61.5 Å². The van der Waals surface area contributed by atoms with Gasteiger partial charge < -0.3 is 18.9 Å². The normalized spacial score (nSPS) is 13.7. The Hall–Kier alpha value is -4.36. The lowest BCUT2D eigenvalue weighted by atomic mass is 9.82. The topological polar surface area (TPSA) is 71.1 Å². The molecule has 332 valence electrons. The fourth-order valence-corrected chi connectivity index (χ4v) is 4.74. The summed E-state index contributed by atoms with van der Waals surface area (Å²) in [6, 6.07) is 18.2. The lowest BCUT2D eigenvalue weighted by Gasteiger charge is -2.33. The zero-order valence-electron chi connectivity index (χ0n) is 32.2. The second-order valence-electron chi connectivity index (χ2n) is 14.0. The molecule has 59 heavy (non-hydrogen) atoms. The van der Waals surface area contributed by atoms with E-state index in [4.69, 9.17) is 9.47 Å². The number of benzene rings is 3.